The Labute approximate surface area is 175 Å². The van der Waals surface area contributed by atoms with Gasteiger partial charge in [0.15, 0.2) is 0 Å². The fraction of sp³-hybridized carbons (Fsp3) is 0.214. The van der Waals surface area contributed by atoms with Crippen LogP contribution in [0.1, 0.15) is 41.7 Å². The summed E-state index contributed by atoms with van der Waals surface area (Å²) in [5, 5.41) is 3.46. The maximum Gasteiger partial charge on any atom is 0.0340 e. The molecule has 0 fully saturated rings. The highest BCUT2D eigenvalue weighted by Gasteiger charge is 2.04. The smallest absolute Gasteiger partial charge is 0.0340 e. The summed E-state index contributed by atoms with van der Waals surface area (Å²) < 4.78 is 0. The third-order valence-electron chi connectivity index (χ3n) is 4.90. The zero-order chi connectivity index (χ0) is 20.6. The van der Waals surface area contributed by atoms with Crippen LogP contribution in [0.2, 0.25) is 0 Å². The highest BCUT2D eigenvalue weighted by Crippen LogP contribution is 2.24. The van der Waals surface area contributed by atoms with Gasteiger partial charge in [-0.2, -0.15) is 0 Å². The van der Waals surface area contributed by atoms with Crippen LogP contribution in [0, 0.1) is 19.8 Å². The molecule has 0 amide bonds. The molecule has 1 N–H and O–H groups in total. The van der Waals surface area contributed by atoms with Crippen LogP contribution in [-0.2, 0) is 0 Å². The van der Waals surface area contributed by atoms with E-state index in [4.69, 9.17) is 0 Å². The molecule has 29 heavy (non-hydrogen) atoms. The Morgan fingerprint density at radius 1 is 0.759 bits per heavy atom. The lowest BCUT2D eigenvalue weighted by Gasteiger charge is -2.09. The molecule has 0 saturated heterocycles. The first kappa shape index (κ1) is 20.7. The number of rotatable bonds is 7. The maximum atomic E-state index is 3.46. The summed E-state index contributed by atoms with van der Waals surface area (Å²) in [7, 11) is 0. The molecule has 0 heterocycles. The normalized spacial score (nSPS) is 11.1. The summed E-state index contributed by atoms with van der Waals surface area (Å²) in [5.74, 6) is 0.640. The third kappa shape index (κ3) is 6.22. The van der Waals surface area contributed by atoms with Crippen molar-refractivity contribution in [3.63, 3.8) is 0 Å². The predicted molar refractivity (Wildman–Crippen MR) is 128 cm³/mol. The van der Waals surface area contributed by atoms with E-state index in [0.29, 0.717) is 5.92 Å². The van der Waals surface area contributed by atoms with Crippen molar-refractivity contribution in [3.05, 3.63) is 113 Å². The average Bonchev–Trinajstić information content (AvgIpc) is 2.72. The molecule has 0 bridgehead atoms. The van der Waals surface area contributed by atoms with Crippen LogP contribution in [0.4, 0.5) is 5.69 Å². The predicted octanol–water partition coefficient (Wildman–Crippen LogP) is 7.52. The van der Waals surface area contributed by atoms with Gasteiger partial charge in [-0.15, -0.1) is 0 Å². The van der Waals surface area contributed by atoms with Crippen LogP contribution in [0.25, 0.3) is 11.6 Å². The van der Waals surface area contributed by atoms with Gasteiger partial charge >= 0.3 is 0 Å². The Morgan fingerprint density at radius 2 is 1.28 bits per heavy atom. The van der Waals surface area contributed by atoms with Gasteiger partial charge in [0.1, 0.15) is 0 Å². The SMILES string of the molecule is Cc1ccc(C(=CC=Cc2ccc(NCC(C)C)cc2)c2ccc(C)cc2)cc1. The summed E-state index contributed by atoms with van der Waals surface area (Å²) in [6.45, 7) is 9.68. The third-order valence-corrected chi connectivity index (χ3v) is 4.90. The van der Waals surface area contributed by atoms with E-state index >= 15 is 0 Å². The minimum Gasteiger partial charge on any atom is -0.385 e. The molecule has 0 radical (unpaired) electrons. The summed E-state index contributed by atoms with van der Waals surface area (Å²) in [6, 6.07) is 26.1. The number of aryl methyl sites for hydroxylation is 2. The van der Waals surface area contributed by atoms with E-state index < -0.39 is 0 Å². The molecule has 0 atom stereocenters. The monoisotopic (exact) mass is 381 g/mol. The molecule has 0 spiro atoms. The van der Waals surface area contributed by atoms with Gasteiger partial charge in [0.05, 0.1) is 0 Å². The number of hydrogen-bond acceptors (Lipinski definition) is 1. The number of anilines is 1. The van der Waals surface area contributed by atoms with Gasteiger partial charge in [-0.05, 0) is 54.2 Å². The van der Waals surface area contributed by atoms with E-state index in [-0.39, 0.29) is 0 Å². The summed E-state index contributed by atoms with van der Waals surface area (Å²) in [4.78, 5) is 0. The van der Waals surface area contributed by atoms with E-state index in [1.54, 1.807) is 0 Å². The topological polar surface area (TPSA) is 12.0 Å². The Morgan fingerprint density at radius 3 is 1.76 bits per heavy atom. The van der Waals surface area contributed by atoms with Crippen molar-refractivity contribution in [1.29, 1.82) is 0 Å². The first-order chi connectivity index (χ1) is 14.0. The Kier molecular flexibility index (Phi) is 7.08. The van der Waals surface area contributed by atoms with Crippen LogP contribution in [0.3, 0.4) is 0 Å². The first-order valence-corrected chi connectivity index (χ1v) is 10.4. The van der Waals surface area contributed by atoms with Crippen molar-refractivity contribution >= 4 is 17.3 Å². The highest BCUT2D eigenvalue weighted by molar-refractivity contribution is 5.81. The number of nitrogens with one attached hydrogen (secondary N) is 1. The second kappa shape index (κ2) is 9.93. The number of hydrogen-bond donors (Lipinski definition) is 1. The lowest BCUT2D eigenvalue weighted by atomic mass is 9.96. The summed E-state index contributed by atoms with van der Waals surface area (Å²) in [6.07, 6.45) is 6.51. The van der Waals surface area contributed by atoms with E-state index in [1.807, 2.05) is 0 Å². The Hall–Kier alpha value is -3.06. The molecule has 1 nitrogen and oxygen atoms in total. The summed E-state index contributed by atoms with van der Waals surface area (Å²) >= 11 is 0. The largest absolute Gasteiger partial charge is 0.385 e. The second-order valence-corrected chi connectivity index (χ2v) is 8.07. The van der Waals surface area contributed by atoms with Crippen LogP contribution in [0.5, 0.6) is 0 Å². The molecular weight excluding hydrogens is 350 g/mol. The standard InChI is InChI=1S/C28H31N/c1-21(2)20-29-27-18-12-24(13-19-27)6-5-7-28(25-14-8-22(3)9-15-25)26-16-10-23(4)11-17-26/h5-19,21,29H,20H2,1-4H3. The van der Waals surface area contributed by atoms with Gasteiger partial charge in [0, 0.05) is 12.2 Å². The van der Waals surface area contributed by atoms with Crippen LogP contribution in [0.15, 0.2) is 84.9 Å². The molecule has 0 saturated carbocycles. The quantitative estimate of drug-likeness (QED) is 0.417. The zero-order valence-corrected chi connectivity index (χ0v) is 17.9. The molecule has 0 aliphatic heterocycles. The minimum atomic E-state index is 0.640. The molecule has 3 rings (SSSR count). The van der Waals surface area contributed by atoms with Crippen LogP contribution in [-0.4, -0.2) is 6.54 Å². The van der Waals surface area contributed by atoms with E-state index in [9.17, 15) is 0 Å². The van der Waals surface area contributed by atoms with Gasteiger partial charge < -0.3 is 5.32 Å². The van der Waals surface area contributed by atoms with Crippen LogP contribution < -0.4 is 5.32 Å². The lowest BCUT2D eigenvalue weighted by molar-refractivity contribution is 0.689. The van der Waals surface area contributed by atoms with Crippen molar-refractivity contribution in [2.24, 2.45) is 5.92 Å². The lowest BCUT2D eigenvalue weighted by Crippen LogP contribution is -2.07. The molecule has 0 aromatic heterocycles. The van der Waals surface area contributed by atoms with Crippen molar-refractivity contribution in [2.45, 2.75) is 27.7 Å². The fourth-order valence-electron chi connectivity index (χ4n) is 3.11. The molecule has 0 aliphatic rings. The summed E-state index contributed by atoms with van der Waals surface area (Å²) in [5.41, 5.74) is 8.62. The first-order valence-electron chi connectivity index (χ1n) is 10.4. The zero-order valence-electron chi connectivity index (χ0n) is 17.9. The molecule has 0 unspecified atom stereocenters. The van der Waals surface area contributed by atoms with Gasteiger partial charge in [0.2, 0.25) is 0 Å². The average molecular weight is 382 g/mol. The van der Waals surface area contributed by atoms with Crippen molar-refractivity contribution in [1.82, 2.24) is 0 Å². The number of allylic oxidation sites excluding steroid dienone is 2. The van der Waals surface area contributed by atoms with E-state index in [0.717, 1.165) is 6.54 Å². The molecule has 148 valence electrons. The van der Waals surface area contributed by atoms with Gasteiger partial charge in [0.25, 0.3) is 0 Å². The van der Waals surface area contributed by atoms with E-state index in [1.165, 1.54) is 39.1 Å². The molecule has 3 aromatic rings. The fourth-order valence-corrected chi connectivity index (χ4v) is 3.11. The van der Waals surface area contributed by atoms with Crippen molar-refractivity contribution in [2.75, 3.05) is 11.9 Å². The van der Waals surface area contributed by atoms with E-state index in [2.05, 4.69) is 124 Å². The highest BCUT2D eigenvalue weighted by atomic mass is 14.9. The Balaban J connectivity index is 1.82. The van der Waals surface area contributed by atoms with Gasteiger partial charge in [-0.3, -0.25) is 0 Å². The molecule has 1 heteroatoms. The van der Waals surface area contributed by atoms with Gasteiger partial charge in [-0.1, -0.05) is 104 Å². The van der Waals surface area contributed by atoms with Gasteiger partial charge in [-0.25, -0.2) is 0 Å². The molecular formula is C28H31N. The minimum absolute atomic E-state index is 0.640. The molecule has 0 aliphatic carbocycles. The van der Waals surface area contributed by atoms with Crippen molar-refractivity contribution in [3.8, 4) is 0 Å². The number of benzene rings is 3. The van der Waals surface area contributed by atoms with Crippen molar-refractivity contribution < 1.29 is 0 Å². The second-order valence-electron chi connectivity index (χ2n) is 8.07. The molecule has 3 aromatic carbocycles. The van der Waals surface area contributed by atoms with Crippen LogP contribution >= 0.6 is 0 Å². The Bertz CT molecular complexity index is 909. The maximum absolute atomic E-state index is 3.46.